The molecule has 1 aromatic rings. The molecule has 2 nitrogen and oxygen atoms in total. The first-order valence-corrected chi connectivity index (χ1v) is 7.79. The van der Waals surface area contributed by atoms with Crippen molar-refractivity contribution in [2.24, 2.45) is 5.92 Å². The number of likely N-dealkylation sites (tertiary alicyclic amines) is 1. The lowest BCUT2D eigenvalue weighted by Gasteiger charge is -2.44. The molecule has 1 N–H and O–H groups in total. The highest BCUT2D eigenvalue weighted by Gasteiger charge is 2.32. The van der Waals surface area contributed by atoms with E-state index < -0.39 is 0 Å². The molecule has 1 aromatic carbocycles. The molecule has 1 saturated carbocycles. The minimum atomic E-state index is 0.148. The normalized spacial score (nSPS) is 28.1. The first-order valence-electron chi connectivity index (χ1n) is 7.79. The summed E-state index contributed by atoms with van der Waals surface area (Å²) in [6, 6.07) is 9.30. The van der Waals surface area contributed by atoms with E-state index in [0.717, 1.165) is 24.1 Å². The van der Waals surface area contributed by atoms with Crippen LogP contribution in [0.4, 0.5) is 0 Å². The molecule has 2 heteroatoms. The quantitative estimate of drug-likeness (QED) is 0.900. The smallest absolute Gasteiger partial charge is 0.0681 e. The van der Waals surface area contributed by atoms with Gasteiger partial charge in [-0.05, 0) is 49.3 Å². The van der Waals surface area contributed by atoms with Gasteiger partial charge in [-0.3, -0.25) is 4.90 Å². The average Bonchev–Trinajstić information content (AvgIpc) is 2.48. The predicted molar refractivity (Wildman–Crippen MR) is 77.8 cm³/mol. The van der Waals surface area contributed by atoms with Crippen LogP contribution in [0, 0.1) is 5.92 Å². The Morgan fingerprint density at radius 1 is 0.947 bits per heavy atom. The Hall–Kier alpha value is -0.860. The monoisotopic (exact) mass is 259 g/mol. The lowest BCUT2D eigenvalue weighted by molar-refractivity contribution is 0.0547. The lowest BCUT2D eigenvalue weighted by Crippen LogP contribution is -2.46. The van der Waals surface area contributed by atoms with Gasteiger partial charge in [-0.15, -0.1) is 0 Å². The third-order valence-electron chi connectivity index (χ3n) is 4.95. The zero-order valence-corrected chi connectivity index (χ0v) is 11.7. The average molecular weight is 259 g/mol. The summed E-state index contributed by atoms with van der Waals surface area (Å²) in [6.45, 7) is 2.50. The molecular formula is C17H25NO. The Morgan fingerprint density at radius 3 is 2.42 bits per heavy atom. The number of hydrogen-bond acceptors (Lipinski definition) is 2. The summed E-state index contributed by atoms with van der Waals surface area (Å²) in [7, 11) is 0. The van der Waals surface area contributed by atoms with Gasteiger partial charge in [-0.2, -0.15) is 0 Å². The number of fused-ring (bicyclic) bond motifs is 1. The lowest BCUT2D eigenvalue weighted by atomic mass is 9.78. The van der Waals surface area contributed by atoms with Crippen LogP contribution in [0.2, 0.25) is 0 Å². The van der Waals surface area contributed by atoms with Crippen molar-refractivity contribution in [2.45, 2.75) is 57.7 Å². The fraction of sp³-hybridized carbons (Fsp3) is 0.647. The van der Waals surface area contributed by atoms with E-state index in [4.69, 9.17) is 5.11 Å². The van der Waals surface area contributed by atoms with E-state index in [1.807, 2.05) is 0 Å². The number of rotatable bonds is 3. The van der Waals surface area contributed by atoms with Crippen molar-refractivity contribution < 1.29 is 5.11 Å². The fourth-order valence-corrected chi connectivity index (χ4v) is 3.91. The number of hydrogen-bond donors (Lipinski definition) is 1. The second kappa shape index (κ2) is 6.06. The molecular weight excluding hydrogens is 234 g/mol. The second-order valence-corrected chi connectivity index (χ2v) is 6.20. The highest BCUT2D eigenvalue weighted by molar-refractivity contribution is 5.22. The highest BCUT2D eigenvalue weighted by Crippen LogP contribution is 2.35. The molecule has 0 radical (unpaired) electrons. The van der Waals surface area contributed by atoms with Gasteiger partial charge in [0.05, 0.1) is 6.61 Å². The highest BCUT2D eigenvalue weighted by atomic mass is 16.3. The van der Waals surface area contributed by atoms with E-state index in [9.17, 15) is 0 Å². The van der Waals surface area contributed by atoms with Gasteiger partial charge in [0.15, 0.2) is 0 Å². The van der Waals surface area contributed by atoms with Gasteiger partial charge in [-0.1, -0.05) is 37.1 Å². The van der Waals surface area contributed by atoms with Gasteiger partial charge in [0.2, 0.25) is 0 Å². The van der Waals surface area contributed by atoms with Gasteiger partial charge in [0, 0.05) is 12.6 Å². The minimum absolute atomic E-state index is 0.148. The number of aliphatic hydroxyl groups excluding tert-OH is 1. The van der Waals surface area contributed by atoms with Crippen LogP contribution in [0.5, 0.6) is 0 Å². The Kier molecular flexibility index (Phi) is 4.19. The second-order valence-electron chi connectivity index (χ2n) is 6.20. The molecule has 3 rings (SSSR count). The first-order chi connectivity index (χ1) is 9.36. The van der Waals surface area contributed by atoms with E-state index in [1.54, 1.807) is 0 Å². The summed E-state index contributed by atoms with van der Waals surface area (Å²) >= 11 is 0. The zero-order valence-electron chi connectivity index (χ0n) is 11.7. The number of benzene rings is 1. The van der Waals surface area contributed by atoms with Crippen LogP contribution in [0.3, 0.4) is 0 Å². The molecule has 0 unspecified atom stereocenters. The number of nitrogens with zero attached hydrogens (tertiary/aromatic N) is 1. The van der Waals surface area contributed by atoms with Gasteiger partial charge in [0.25, 0.3) is 0 Å². The van der Waals surface area contributed by atoms with Crippen molar-refractivity contribution in [3.8, 4) is 0 Å². The van der Waals surface area contributed by atoms with Crippen molar-refractivity contribution in [1.29, 1.82) is 0 Å². The SMILES string of the molecule is OCc1ccc(CN2CCC[C@H]3CCCC[C@H]32)cc1. The first kappa shape index (κ1) is 13.1. The van der Waals surface area contributed by atoms with Crippen molar-refractivity contribution in [3.05, 3.63) is 35.4 Å². The molecule has 0 aromatic heterocycles. The van der Waals surface area contributed by atoms with Crippen LogP contribution >= 0.6 is 0 Å². The molecule has 2 fully saturated rings. The molecule has 2 atom stereocenters. The maximum absolute atomic E-state index is 9.09. The number of aliphatic hydroxyl groups is 1. The van der Waals surface area contributed by atoms with Gasteiger partial charge < -0.3 is 5.11 Å². The summed E-state index contributed by atoms with van der Waals surface area (Å²) in [6.07, 6.45) is 8.53. The maximum Gasteiger partial charge on any atom is 0.0681 e. The number of piperidine rings is 1. The van der Waals surface area contributed by atoms with Crippen molar-refractivity contribution >= 4 is 0 Å². The van der Waals surface area contributed by atoms with E-state index in [2.05, 4.69) is 29.2 Å². The molecule has 104 valence electrons. The fourth-order valence-electron chi connectivity index (χ4n) is 3.91. The topological polar surface area (TPSA) is 23.5 Å². The van der Waals surface area contributed by atoms with E-state index in [0.29, 0.717) is 0 Å². The van der Waals surface area contributed by atoms with Gasteiger partial charge in [-0.25, -0.2) is 0 Å². The predicted octanol–water partition coefficient (Wildman–Crippen LogP) is 3.33. The standard InChI is InChI=1S/C17H25NO/c19-13-15-9-7-14(8-10-15)12-18-11-3-5-16-4-1-2-6-17(16)18/h7-10,16-17,19H,1-6,11-13H2/t16-,17-/m1/s1. The maximum atomic E-state index is 9.09. The Labute approximate surface area is 116 Å². The summed E-state index contributed by atoms with van der Waals surface area (Å²) < 4.78 is 0. The summed E-state index contributed by atoms with van der Waals surface area (Å²) in [5.41, 5.74) is 2.40. The zero-order chi connectivity index (χ0) is 13.1. The van der Waals surface area contributed by atoms with Crippen LogP contribution < -0.4 is 0 Å². The molecule has 0 bridgehead atoms. The van der Waals surface area contributed by atoms with Crippen LogP contribution in [-0.4, -0.2) is 22.6 Å². The molecule has 1 aliphatic heterocycles. The van der Waals surface area contributed by atoms with Crippen LogP contribution in [0.25, 0.3) is 0 Å². The van der Waals surface area contributed by atoms with E-state index >= 15 is 0 Å². The van der Waals surface area contributed by atoms with Crippen LogP contribution in [-0.2, 0) is 13.2 Å². The van der Waals surface area contributed by atoms with Crippen molar-refractivity contribution in [1.82, 2.24) is 4.90 Å². The van der Waals surface area contributed by atoms with E-state index in [-0.39, 0.29) is 6.61 Å². The summed E-state index contributed by atoms with van der Waals surface area (Å²) in [5.74, 6) is 0.958. The van der Waals surface area contributed by atoms with Crippen LogP contribution in [0.1, 0.15) is 49.7 Å². The largest absolute Gasteiger partial charge is 0.392 e. The van der Waals surface area contributed by atoms with Gasteiger partial charge >= 0.3 is 0 Å². The van der Waals surface area contributed by atoms with Crippen molar-refractivity contribution in [2.75, 3.05) is 6.54 Å². The van der Waals surface area contributed by atoms with E-state index in [1.165, 1.54) is 50.6 Å². The molecule has 1 aliphatic carbocycles. The Bertz CT molecular complexity index is 398. The Morgan fingerprint density at radius 2 is 1.63 bits per heavy atom. The minimum Gasteiger partial charge on any atom is -0.392 e. The summed E-state index contributed by atoms with van der Waals surface area (Å²) in [5, 5.41) is 9.09. The van der Waals surface area contributed by atoms with Gasteiger partial charge in [0.1, 0.15) is 0 Å². The summed E-state index contributed by atoms with van der Waals surface area (Å²) in [4.78, 5) is 2.71. The molecule has 1 heterocycles. The van der Waals surface area contributed by atoms with Crippen LogP contribution in [0.15, 0.2) is 24.3 Å². The third kappa shape index (κ3) is 3.01. The third-order valence-corrected chi connectivity index (χ3v) is 4.95. The molecule has 2 aliphatic rings. The molecule has 0 amide bonds. The molecule has 1 saturated heterocycles. The molecule has 19 heavy (non-hydrogen) atoms. The van der Waals surface area contributed by atoms with Crippen molar-refractivity contribution in [3.63, 3.8) is 0 Å². The molecule has 0 spiro atoms. The Balaban J connectivity index is 1.66.